The Hall–Kier alpha value is -3.98. The molecule has 0 spiro atoms. The second-order valence-electron chi connectivity index (χ2n) is 7.95. The summed E-state index contributed by atoms with van der Waals surface area (Å²) in [6, 6.07) is 13.8. The first-order chi connectivity index (χ1) is 17.3. The highest BCUT2D eigenvalue weighted by Crippen LogP contribution is 2.31. The summed E-state index contributed by atoms with van der Waals surface area (Å²) in [7, 11) is 0. The van der Waals surface area contributed by atoms with Gasteiger partial charge in [0, 0.05) is 6.92 Å². The Kier molecular flexibility index (Phi) is 7.49. The lowest BCUT2D eigenvalue weighted by atomic mass is 9.96. The fraction of sp³-hybridized carbons (Fsp3) is 0.259. The average Bonchev–Trinajstić information content (AvgIpc) is 3.14. The van der Waals surface area contributed by atoms with Gasteiger partial charge in [0.05, 0.1) is 35.1 Å². The van der Waals surface area contributed by atoms with E-state index in [-0.39, 0.29) is 12.2 Å². The number of carbonyl (C=O) groups is 2. The van der Waals surface area contributed by atoms with E-state index in [2.05, 4.69) is 4.99 Å². The molecule has 0 unspecified atom stereocenters. The molecule has 3 aromatic rings. The highest BCUT2D eigenvalue weighted by atomic mass is 32.1. The van der Waals surface area contributed by atoms with Gasteiger partial charge in [-0.25, -0.2) is 9.79 Å². The predicted octanol–water partition coefficient (Wildman–Crippen LogP) is 3.12. The van der Waals surface area contributed by atoms with Crippen LogP contribution in [0.2, 0.25) is 0 Å². The number of fused-ring (bicyclic) bond motifs is 1. The third-order valence-electron chi connectivity index (χ3n) is 5.45. The number of carbonyl (C=O) groups excluding carboxylic acids is 2. The summed E-state index contributed by atoms with van der Waals surface area (Å²) in [5, 5.41) is 0. The summed E-state index contributed by atoms with van der Waals surface area (Å²) >= 11 is 1.24. The topological polar surface area (TPSA) is 96.2 Å². The number of thiazole rings is 1. The lowest BCUT2D eigenvalue weighted by Crippen LogP contribution is -2.39. The van der Waals surface area contributed by atoms with Gasteiger partial charge >= 0.3 is 11.9 Å². The minimum atomic E-state index is -0.658. The number of rotatable bonds is 7. The fourth-order valence-corrected chi connectivity index (χ4v) is 5.06. The smallest absolute Gasteiger partial charge is 0.338 e. The van der Waals surface area contributed by atoms with Crippen molar-refractivity contribution in [2.45, 2.75) is 33.7 Å². The largest absolute Gasteiger partial charge is 0.490 e. The van der Waals surface area contributed by atoms with Crippen molar-refractivity contribution < 1.29 is 23.8 Å². The molecule has 0 amide bonds. The number of nitrogens with zero attached hydrogens (tertiary/aromatic N) is 2. The lowest BCUT2D eigenvalue weighted by molar-refractivity contribution is -0.139. The molecule has 0 radical (unpaired) electrons. The van der Waals surface area contributed by atoms with Gasteiger partial charge in [-0.1, -0.05) is 47.7 Å². The van der Waals surface area contributed by atoms with Crippen LogP contribution in [0.3, 0.4) is 0 Å². The number of aromatic nitrogens is 1. The van der Waals surface area contributed by atoms with Crippen LogP contribution in [0.4, 0.5) is 0 Å². The van der Waals surface area contributed by atoms with E-state index in [0.29, 0.717) is 44.3 Å². The second-order valence-corrected chi connectivity index (χ2v) is 8.95. The Balaban J connectivity index is 1.87. The molecule has 4 rings (SSSR count). The molecule has 1 atom stereocenters. The first-order valence-corrected chi connectivity index (χ1v) is 12.4. The molecule has 0 N–H and O–H groups in total. The number of ether oxygens (including phenoxy) is 3. The third kappa shape index (κ3) is 5.01. The maximum absolute atomic E-state index is 13.7. The Morgan fingerprint density at radius 2 is 1.83 bits per heavy atom. The van der Waals surface area contributed by atoms with Crippen molar-refractivity contribution in [3.8, 4) is 11.5 Å². The Labute approximate surface area is 211 Å². The molecule has 0 aliphatic carbocycles. The molecule has 2 heterocycles. The van der Waals surface area contributed by atoms with Crippen LogP contribution in [0, 0.1) is 0 Å². The van der Waals surface area contributed by atoms with Crippen LogP contribution in [-0.2, 0) is 14.3 Å². The first kappa shape index (κ1) is 25.1. The Morgan fingerprint density at radius 3 is 2.50 bits per heavy atom. The lowest BCUT2D eigenvalue weighted by Gasteiger charge is -2.24. The quantitative estimate of drug-likeness (QED) is 0.361. The van der Waals surface area contributed by atoms with Gasteiger partial charge in [-0.05, 0) is 50.1 Å². The summed E-state index contributed by atoms with van der Waals surface area (Å²) in [5.41, 5.74) is 2.05. The third-order valence-corrected chi connectivity index (χ3v) is 6.43. The Morgan fingerprint density at radius 1 is 1.08 bits per heavy atom. The van der Waals surface area contributed by atoms with E-state index in [1.165, 1.54) is 18.3 Å². The maximum atomic E-state index is 13.7. The number of benzene rings is 2. The van der Waals surface area contributed by atoms with E-state index in [1.807, 2.05) is 37.3 Å². The van der Waals surface area contributed by atoms with Gasteiger partial charge in [-0.2, -0.15) is 0 Å². The minimum absolute atomic E-state index is 0.215. The number of allylic oxidation sites excluding steroid dienone is 1. The average molecular weight is 507 g/mol. The van der Waals surface area contributed by atoms with Crippen LogP contribution in [0.5, 0.6) is 11.5 Å². The van der Waals surface area contributed by atoms with Crippen molar-refractivity contribution in [2.24, 2.45) is 4.99 Å². The number of esters is 2. The zero-order valence-electron chi connectivity index (χ0n) is 20.4. The highest BCUT2D eigenvalue weighted by Gasteiger charge is 2.33. The van der Waals surface area contributed by atoms with Gasteiger partial charge in [0.2, 0.25) is 0 Å². The number of hydrogen-bond acceptors (Lipinski definition) is 8. The van der Waals surface area contributed by atoms with Crippen molar-refractivity contribution in [3.05, 3.63) is 90.6 Å². The SMILES string of the molecule is CCOC(=O)C1=C(C)N=c2s/c(=C/c3ccc(OC(C)=O)c(OCC)c3)c(=O)n2[C@@H]1c1ccccc1. The van der Waals surface area contributed by atoms with E-state index < -0.39 is 18.0 Å². The van der Waals surface area contributed by atoms with Crippen molar-refractivity contribution in [1.29, 1.82) is 0 Å². The van der Waals surface area contributed by atoms with Crippen molar-refractivity contribution in [3.63, 3.8) is 0 Å². The Bertz CT molecular complexity index is 1520. The molecule has 8 nitrogen and oxygen atoms in total. The van der Waals surface area contributed by atoms with Crippen LogP contribution in [0.15, 0.2) is 69.6 Å². The van der Waals surface area contributed by atoms with Crippen LogP contribution in [0.1, 0.15) is 44.9 Å². The second kappa shape index (κ2) is 10.7. The van der Waals surface area contributed by atoms with Crippen molar-refractivity contribution in [1.82, 2.24) is 4.57 Å². The molecule has 1 aliphatic heterocycles. The van der Waals surface area contributed by atoms with Gasteiger partial charge in [0.1, 0.15) is 0 Å². The fourth-order valence-electron chi connectivity index (χ4n) is 4.02. The summed E-state index contributed by atoms with van der Waals surface area (Å²) < 4.78 is 18.1. The molecule has 0 fully saturated rings. The zero-order chi connectivity index (χ0) is 25.8. The summed E-state index contributed by atoms with van der Waals surface area (Å²) in [4.78, 5) is 43.1. The van der Waals surface area contributed by atoms with E-state index in [9.17, 15) is 14.4 Å². The van der Waals surface area contributed by atoms with E-state index in [4.69, 9.17) is 14.2 Å². The standard InChI is InChI=1S/C27H26N2O6S/c1-5-33-21-14-18(12-13-20(21)35-17(4)30)15-22-25(31)29-24(19-10-8-7-9-11-19)23(26(32)34-6-2)16(3)28-27(29)36-22/h7-15,24H,5-6H2,1-4H3/b22-15+/t24-/m1/s1. The molecule has 36 heavy (non-hydrogen) atoms. The molecule has 0 bridgehead atoms. The van der Waals surface area contributed by atoms with Gasteiger partial charge in [0.25, 0.3) is 5.56 Å². The number of hydrogen-bond donors (Lipinski definition) is 0. The maximum Gasteiger partial charge on any atom is 0.338 e. The highest BCUT2D eigenvalue weighted by molar-refractivity contribution is 7.07. The molecule has 1 aliphatic rings. The van der Waals surface area contributed by atoms with E-state index >= 15 is 0 Å². The molecule has 1 aromatic heterocycles. The van der Waals surface area contributed by atoms with Gasteiger partial charge < -0.3 is 14.2 Å². The van der Waals surface area contributed by atoms with Crippen LogP contribution >= 0.6 is 11.3 Å². The van der Waals surface area contributed by atoms with Gasteiger partial charge in [-0.15, -0.1) is 0 Å². The van der Waals surface area contributed by atoms with Gasteiger partial charge in [0.15, 0.2) is 16.3 Å². The zero-order valence-corrected chi connectivity index (χ0v) is 21.3. The predicted molar refractivity (Wildman–Crippen MR) is 136 cm³/mol. The minimum Gasteiger partial charge on any atom is -0.490 e. The molecule has 2 aromatic carbocycles. The van der Waals surface area contributed by atoms with Crippen molar-refractivity contribution in [2.75, 3.05) is 13.2 Å². The van der Waals surface area contributed by atoms with Gasteiger partial charge in [-0.3, -0.25) is 14.2 Å². The summed E-state index contributed by atoms with van der Waals surface area (Å²) in [6.07, 6.45) is 1.73. The molecule has 9 heteroatoms. The van der Waals surface area contributed by atoms with Crippen LogP contribution in [-0.4, -0.2) is 29.7 Å². The van der Waals surface area contributed by atoms with Crippen LogP contribution in [0.25, 0.3) is 6.08 Å². The van der Waals surface area contributed by atoms with Crippen LogP contribution < -0.4 is 24.4 Å². The van der Waals surface area contributed by atoms with E-state index in [1.54, 1.807) is 42.7 Å². The molecule has 0 saturated heterocycles. The van der Waals surface area contributed by atoms with E-state index in [0.717, 1.165) is 5.56 Å². The first-order valence-electron chi connectivity index (χ1n) is 11.5. The normalized spacial score (nSPS) is 15.2. The monoisotopic (exact) mass is 506 g/mol. The molecular formula is C27H26N2O6S. The van der Waals surface area contributed by atoms with Crippen molar-refractivity contribution >= 4 is 29.4 Å². The molecule has 186 valence electrons. The summed E-state index contributed by atoms with van der Waals surface area (Å²) in [6.45, 7) is 7.24. The molecule has 0 saturated carbocycles. The summed E-state index contributed by atoms with van der Waals surface area (Å²) in [5.74, 6) is -0.242. The molecular weight excluding hydrogens is 480 g/mol.